The van der Waals surface area contributed by atoms with Crippen LogP contribution in [0.15, 0.2) is 55.0 Å². The van der Waals surface area contributed by atoms with Gasteiger partial charge in [-0.2, -0.15) is 10.2 Å². The normalized spacial score (nSPS) is 14.5. The standard InChI is InChI=1S/C23H24N8O2/c1-15-3-5-17(6-4-15)31-20(13-19(28-31)16-7-11-29(12-8-16)23(24)33)27-22(32)18-14-26-30-10-2-9-25-21(18)30/h2-6,9-10,13-14,16H,7-8,11-12H2,1H3,(H2,24,33)(H,27,32). The number of likely N-dealkylation sites (tertiary alicyclic amines) is 1. The summed E-state index contributed by atoms with van der Waals surface area (Å²) >= 11 is 0. The minimum atomic E-state index is -0.395. The van der Waals surface area contributed by atoms with E-state index < -0.39 is 6.03 Å². The van der Waals surface area contributed by atoms with Gasteiger partial charge in [0.05, 0.1) is 17.6 Å². The predicted octanol–water partition coefficient (Wildman–Crippen LogP) is 2.73. The van der Waals surface area contributed by atoms with E-state index in [1.807, 2.05) is 37.3 Å². The van der Waals surface area contributed by atoms with E-state index in [1.165, 1.54) is 6.20 Å². The highest BCUT2D eigenvalue weighted by Gasteiger charge is 2.26. The Balaban J connectivity index is 1.46. The van der Waals surface area contributed by atoms with Gasteiger partial charge in [0.25, 0.3) is 5.91 Å². The van der Waals surface area contributed by atoms with Gasteiger partial charge >= 0.3 is 6.03 Å². The maximum absolute atomic E-state index is 13.1. The third kappa shape index (κ3) is 4.02. The van der Waals surface area contributed by atoms with Crippen molar-refractivity contribution in [2.75, 3.05) is 18.4 Å². The van der Waals surface area contributed by atoms with Crippen LogP contribution in [0.5, 0.6) is 0 Å². The maximum Gasteiger partial charge on any atom is 0.314 e. The fourth-order valence-corrected chi connectivity index (χ4v) is 4.14. The summed E-state index contributed by atoms with van der Waals surface area (Å²) < 4.78 is 3.30. The molecule has 3 aromatic heterocycles. The number of nitrogens with zero attached hydrogens (tertiary/aromatic N) is 6. The average molecular weight is 444 g/mol. The quantitative estimate of drug-likeness (QED) is 0.501. The molecule has 1 saturated heterocycles. The topological polar surface area (TPSA) is 123 Å². The summed E-state index contributed by atoms with van der Waals surface area (Å²) in [6.07, 6.45) is 6.40. The van der Waals surface area contributed by atoms with Gasteiger partial charge in [-0.1, -0.05) is 17.7 Å². The van der Waals surface area contributed by atoms with Gasteiger partial charge in [-0.3, -0.25) is 4.79 Å². The number of rotatable bonds is 4. The highest BCUT2D eigenvalue weighted by atomic mass is 16.2. The first-order valence-electron chi connectivity index (χ1n) is 10.8. The summed E-state index contributed by atoms with van der Waals surface area (Å²) in [4.78, 5) is 30.5. The molecule has 0 saturated carbocycles. The number of benzene rings is 1. The number of hydrogen-bond donors (Lipinski definition) is 2. The Morgan fingerprint density at radius 1 is 1.15 bits per heavy atom. The number of nitrogens with one attached hydrogen (secondary N) is 1. The molecule has 0 spiro atoms. The molecule has 0 radical (unpaired) electrons. The number of hydrogen-bond acceptors (Lipinski definition) is 5. The van der Waals surface area contributed by atoms with Crippen molar-refractivity contribution in [2.45, 2.75) is 25.7 Å². The van der Waals surface area contributed by atoms with Crippen molar-refractivity contribution in [3.05, 3.63) is 71.8 Å². The minimum absolute atomic E-state index is 0.168. The molecule has 1 aromatic carbocycles. The van der Waals surface area contributed by atoms with Gasteiger partial charge in [-0.15, -0.1) is 0 Å². The van der Waals surface area contributed by atoms with E-state index in [0.29, 0.717) is 30.1 Å². The second kappa shape index (κ2) is 8.38. The van der Waals surface area contributed by atoms with Crippen LogP contribution in [0.25, 0.3) is 11.3 Å². The second-order valence-corrected chi connectivity index (χ2v) is 8.20. The molecule has 3 amide bonds. The minimum Gasteiger partial charge on any atom is -0.351 e. The number of primary amides is 1. The molecule has 0 unspecified atom stereocenters. The van der Waals surface area contributed by atoms with E-state index in [-0.39, 0.29) is 11.8 Å². The molecule has 0 bridgehead atoms. The lowest BCUT2D eigenvalue weighted by Crippen LogP contribution is -2.41. The van der Waals surface area contributed by atoms with E-state index in [0.717, 1.165) is 29.8 Å². The summed E-state index contributed by atoms with van der Waals surface area (Å²) in [5, 5.41) is 12.0. The zero-order valence-electron chi connectivity index (χ0n) is 18.2. The third-order valence-electron chi connectivity index (χ3n) is 6.00. The first-order chi connectivity index (χ1) is 16.0. The van der Waals surface area contributed by atoms with Crippen LogP contribution in [0, 0.1) is 6.92 Å². The monoisotopic (exact) mass is 444 g/mol. The number of nitrogens with two attached hydrogens (primary N) is 1. The van der Waals surface area contributed by atoms with Crippen LogP contribution >= 0.6 is 0 Å². The van der Waals surface area contributed by atoms with Crippen molar-refractivity contribution >= 4 is 23.4 Å². The number of carbonyl (C=O) groups excluding carboxylic acids is 2. The first-order valence-corrected chi connectivity index (χ1v) is 10.8. The van der Waals surface area contributed by atoms with E-state index in [9.17, 15) is 9.59 Å². The van der Waals surface area contributed by atoms with Crippen LogP contribution in [0.1, 0.15) is 40.4 Å². The van der Waals surface area contributed by atoms with E-state index in [4.69, 9.17) is 10.8 Å². The third-order valence-corrected chi connectivity index (χ3v) is 6.00. The summed E-state index contributed by atoms with van der Waals surface area (Å²) in [7, 11) is 0. The number of amides is 3. The van der Waals surface area contributed by atoms with Crippen molar-refractivity contribution in [1.29, 1.82) is 0 Å². The van der Waals surface area contributed by atoms with Gasteiger partial charge in [0, 0.05) is 37.5 Å². The molecule has 5 rings (SSSR count). The lowest BCUT2D eigenvalue weighted by Gasteiger charge is -2.29. The van der Waals surface area contributed by atoms with Gasteiger partial charge in [-0.25, -0.2) is 19.0 Å². The zero-order valence-corrected chi connectivity index (χ0v) is 18.2. The van der Waals surface area contributed by atoms with Gasteiger partial charge in [0.1, 0.15) is 11.4 Å². The molecular formula is C23H24N8O2. The Labute approximate surface area is 190 Å². The molecule has 0 atom stereocenters. The van der Waals surface area contributed by atoms with Crippen molar-refractivity contribution in [3.63, 3.8) is 0 Å². The molecule has 1 aliphatic rings. The van der Waals surface area contributed by atoms with E-state index >= 15 is 0 Å². The van der Waals surface area contributed by atoms with E-state index in [2.05, 4.69) is 15.4 Å². The van der Waals surface area contributed by atoms with Crippen molar-refractivity contribution in [1.82, 2.24) is 29.3 Å². The van der Waals surface area contributed by atoms with Crippen molar-refractivity contribution < 1.29 is 9.59 Å². The highest BCUT2D eigenvalue weighted by molar-refractivity contribution is 6.07. The molecule has 4 aromatic rings. The Morgan fingerprint density at radius 2 is 1.91 bits per heavy atom. The van der Waals surface area contributed by atoms with Gasteiger partial charge in [0.2, 0.25) is 0 Å². The molecule has 4 heterocycles. The van der Waals surface area contributed by atoms with Gasteiger partial charge in [0.15, 0.2) is 5.65 Å². The smallest absolute Gasteiger partial charge is 0.314 e. The summed E-state index contributed by atoms with van der Waals surface area (Å²) in [6, 6.07) is 11.2. The lowest BCUT2D eigenvalue weighted by atomic mass is 9.94. The maximum atomic E-state index is 13.1. The molecule has 33 heavy (non-hydrogen) atoms. The van der Waals surface area contributed by atoms with Crippen LogP contribution in [0.2, 0.25) is 0 Å². The van der Waals surface area contributed by atoms with Crippen LogP contribution in [0.4, 0.5) is 10.6 Å². The highest BCUT2D eigenvalue weighted by Crippen LogP contribution is 2.30. The molecule has 1 aliphatic heterocycles. The van der Waals surface area contributed by atoms with Crippen LogP contribution in [-0.2, 0) is 0 Å². The summed E-state index contributed by atoms with van der Waals surface area (Å²) in [5.41, 5.74) is 9.12. The Hall–Kier alpha value is -4.21. The number of anilines is 1. The number of fused-ring (bicyclic) bond motifs is 1. The van der Waals surface area contributed by atoms with E-state index in [1.54, 1.807) is 32.6 Å². The summed E-state index contributed by atoms with van der Waals surface area (Å²) in [5.74, 6) is 0.417. The number of aryl methyl sites for hydroxylation is 1. The molecule has 10 nitrogen and oxygen atoms in total. The predicted molar refractivity (Wildman–Crippen MR) is 122 cm³/mol. The van der Waals surface area contributed by atoms with Crippen LogP contribution in [-0.4, -0.2) is 54.3 Å². The average Bonchev–Trinajstić information content (AvgIpc) is 3.44. The molecule has 3 N–H and O–H groups in total. The first kappa shape index (κ1) is 20.7. The van der Waals surface area contributed by atoms with Gasteiger partial charge < -0.3 is 16.0 Å². The Morgan fingerprint density at radius 3 is 2.64 bits per heavy atom. The number of aromatic nitrogens is 5. The fraction of sp³-hybridized carbons (Fsp3) is 0.261. The molecule has 168 valence electrons. The Bertz CT molecular complexity index is 1320. The lowest BCUT2D eigenvalue weighted by molar-refractivity contribution is 0.102. The van der Waals surface area contributed by atoms with Crippen molar-refractivity contribution in [2.24, 2.45) is 5.73 Å². The van der Waals surface area contributed by atoms with Crippen LogP contribution < -0.4 is 11.1 Å². The number of carbonyl (C=O) groups is 2. The van der Waals surface area contributed by atoms with Gasteiger partial charge in [-0.05, 0) is 38.0 Å². The molecular weight excluding hydrogens is 420 g/mol. The molecule has 10 heteroatoms. The number of piperidine rings is 1. The Kier molecular flexibility index (Phi) is 5.25. The van der Waals surface area contributed by atoms with Crippen LogP contribution in [0.3, 0.4) is 0 Å². The summed E-state index contributed by atoms with van der Waals surface area (Å²) in [6.45, 7) is 3.20. The largest absolute Gasteiger partial charge is 0.351 e. The SMILES string of the molecule is Cc1ccc(-n2nc(C3CCN(C(N)=O)CC3)cc2NC(=O)c2cnn3cccnc23)cc1. The number of urea groups is 1. The van der Waals surface area contributed by atoms with Crippen molar-refractivity contribution in [3.8, 4) is 5.69 Å². The molecule has 1 fully saturated rings. The molecule has 0 aliphatic carbocycles. The second-order valence-electron chi connectivity index (χ2n) is 8.20. The zero-order chi connectivity index (χ0) is 22.9. The fourth-order valence-electron chi connectivity index (χ4n) is 4.14.